The Balaban J connectivity index is 2.36. The zero-order chi connectivity index (χ0) is 16.6. The van der Waals surface area contributed by atoms with E-state index in [4.69, 9.17) is 19.6 Å². The molecular formula is C11H15N2O7P2+. The second kappa shape index (κ2) is 5.72. The Hall–Kier alpha value is -1.31. The van der Waals surface area contributed by atoms with Crippen LogP contribution in [-0.2, 0) is 15.7 Å². The maximum atomic E-state index is 11.3. The molecule has 1 aromatic heterocycles. The molecule has 9 nitrogen and oxygen atoms in total. The minimum atomic E-state index is -5.48. The second-order valence-electron chi connectivity index (χ2n) is 4.69. The lowest BCUT2D eigenvalue weighted by Crippen LogP contribution is -2.46. The van der Waals surface area contributed by atoms with Crippen LogP contribution in [0.2, 0.25) is 0 Å². The Kier molecular flexibility index (Phi) is 4.43. The van der Waals surface area contributed by atoms with E-state index >= 15 is 0 Å². The predicted molar refractivity (Wildman–Crippen MR) is 75.0 cm³/mol. The molecule has 2 rings (SSSR count). The first-order valence-electron chi connectivity index (χ1n) is 6.01. The van der Waals surface area contributed by atoms with Gasteiger partial charge in [0.1, 0.15) is 24.6 Å². The number of para-hydroxylation sites is 1. The van der Waals surface area contributed by atoms with Crippen LogP contribution in [0.3, 0.4) is 0 Å². The van der Waals surface area contributed by atoms with E-state index in [-0.39, 0.29) is 0 Å². The van der Waals surface area contributed by atoms with E-state index in [1.165, 1.54) is 18.7 Å². The molecular weight excluding hydrogens is 334 g/mol. The summed E-state index contributed by atoms with van der Waals surface area (Å²) < 4.78 is 25.3. The molecule has 0 aliphatic carbocycles. The van der Waals surface area contributed by atoms with Crippen molar-refractivity contribution in [3.63, 3.8) is 0 Å². The number of hydrogen-bond acceptors (Lipinski definition) is 3. The van der Waals surface area contributed by atoms with Crippen molar-refractivity contribution >= 4 is 15.2 Å². The van der Waals surface area contributed by atoms with Crippen molar-refractivity contribution in [3.05, 3.63) is 49.1 Å². The van der Waals surface area contributed by atoms with E-state index in [1.807, 2.05) is 0 Å². The molecule has 2 aromatic rings. The summed E-state index contributed by atoms with van der Waals surface area (Å²) in [5.74, 6) is 0. The monoisotopic (exact) mass is 349 g/mol. The van der Waals surface area contributed by atoms with Crippen LogP contribution in [0, 0.1) is 0 Å². The van der Waals surface area contributed by atoms with Crippen LogP contribution in [0.25, 0.3) is 5.69 Å². The van der Waals surface area contributed by atoms with Gasteiger partial charge in [-0.05, 0) is 12.1 Å². The van der Waals surface area contributed by atoms with Gasteiger partial charge in [-0.2, -0.15) is 0 Å². The van der Waals surface area contributed by atoms with Crippen molar-refractivity contribution in [3.8, 4) is 5.69 Å². The van der Waals surface area contributed by atoms with E-state index in [1.54, 1.807) is 34.9 Å². The molecule has 0 aliphatic heterocycles. The van der Waals surface area contributed by atoms with Crippen LogP contribution in [0.15, 0.2) is 49.1 Å². The lowest BCUT2D eigenvalue weighted by Gasteiger charge is -2.27. The first-order chi connectivity index (χ1) is 10.0. The molecule has 22 heavy (non-hydrogen) atoms. The highest BCUT2D eigenvalue weighted by molar-refractivity contribution is 7.72. The van der Waals surface area contributed by atoms with Crippen molar-refractivity contribution in [1.82, 2.24) is 4.57 Å². The van der Waals surface area contributed by atoms with Crippen molar-refractivity contribution in [2.24, 2.45) is 0 Å². The standard InChI is InChI=1S/C11H14N2O7P2/c14-11(21(15,16)17,22(18,19)20)8-12-6-7-13(9-12)10-4-2-1-3-5-10/h1-7,9,14H,8H2,(H3-,15,16,17,18,19,20)/p+1. The smallest absolute Gasteiger partial charge is 0.365 e. The van der Waals surface area contributed by atoms with E-state index in [0.29, 0.717) is 0 Å². The molecule has 0 unspecified atom stereocenters. The third kappa shape index (κ3) is 3.21. The average Bonchev–Trinajstić information content (AvgIpc) is 2.85. The van der Waals surface area contributed by atoms with Gasteiger partial charge in [-0.25, -0.2) is 9.13 Å². The van der Waals surface area contributed by atoms with Gasteiger partial charge in [0, 0.05) is 0 Å². The van der Waals surface area contributed by atoms with E-state index in [9.17, 15) is 14.2 Å². The highest BCUT2D eigenvalue weighted by atomic mass is 31.2. The molecule has 0 aliphatic rings. The van der Waals surface area contributed by atoms with E-state index < -0.39 is 26.8 Å². The summed E-state index contributed by atoms with van der Waals surface area (Å²) in [5, 5.41) is 6.38. The van der Waals surface area contributed by atoms with Gasteiger partial charge in [-0.1, -0.05) is 18.2 Å². The SMILES string of the molecule is O=P(O)(O)C(O)(C[n+]1ccn(-c2ccccc2)c1)P(=O)(O)O. The van der Waals surface area contributed by atoms with Crippen molar-refractivity contribution in [2.45, 2.75) is 11.6 Å². The van der Waals surface area contributed by atoms with Crippen molar-refractivity contribution < 1.29 is 38.4 Å². The third-order valence-corrected chi connectivity index (χ3v) is 6.79. The number of rotatable bonds is 5. The lowest BCUT2D eigenvalue weighted by molar-refractivity contribution is -0.702. The van der Waals surface area contributed by atoms with Crippen LogP contribution >= 0.6 is 15.2 Å². The Morgan fingerprint density at radius 1 is 1.05 bits per heavy atom. The van der Waals surface area contributed by atoms with Crippen molar-refractivity contribution in [2.75, 3.05) is 0 Å². The van der Waals surface area contributed by atoms with E-state index in [0.717, 1.165) is 10.3 Å². The Labute approximate surface area is 125 Å². The van der Waals surface area contributed by atoms with Gasteiger partial charge >= 0.3 is 20.3 Å². The first-order valence-corrected chi connectivity index (χ1v) is 9.23. The Morgan fingerprint density at radius 3 is 2.09 bits per heavy atom. The van der Waals surface area contributed by atoms with Crippen LogP contribution in [0.4, 0.5) is 0 Å². The number of hydrogen-bond donors (Lipinski definition) is 5. The lowest BCUT2D eigenvalue weighted by atomic mass is 10.3. The normalized spacial score (nSPS) is 13.3. The fraction of sp³-hybridized carbons (Fsp3) is 0.182. The summed E-state index contributed by atoms with van der Waals surface area (Å²) in [6, 6.07) is 8.90. The largest absolute Gasteiger partial charge is 0.373 e. The van der Waals surface area contributed by atoms with Gasteiger partial charge < -0.3 is 24.7 Å². The minimum Gasteiger partial charge on any atom is -0.365 e. The summed E-state index contributed by atoms with van der Waals surface area (Å²) in [5.41, 5.74) is 0.733. The molecule has 0 amide bonds. The van der Waals surface area contributed by atoms with Crippen LogP contribution in [0.1, 0.15) is 0 Å². The Morgan fingerprint density at radius 2 is 1.59 bits per heavy atom. The maximum Gasteiger partial charge on any atom is 0.373 e. The summed E-state index contributed by atoms with van der Waals surface area (Å²) in [6.07, 6.45) is 4.21. The fourth-order valence-electron chi connectivity index (χ4n) is 1.84. The molecule has 0 radical (unpaired) electrons. The zero-order valence-corrected chi connectivity index (χ0v) is 13.0. The van der Waals surface area contributed by atoms with Gasteiger partial charge in [0.15, 0.2) is 0 Å². The maximum absolute atomic E-state index is 11.3. The second-order valence-corrected chi connectivity index (χ2v) is 8.70. The molecule has 0 saturated heterocycles. The zero-order valence-electron chi connectivity index (χ0n) is 11.2. The molecule has 5 N–H and O–H groups in total. The van der Waals surface area contributed by atoms with Crippen LogP contribution in [0.5, 0.6) is 0 Å². The highest BCUT2D eigenvalue weighted by Gasteiger charge is 2.61. The van der Waals surface area contributed by atoms with Crippen LogP contribution < -0.4 is 4.57 Å². The molecule has 0 spiro atoms. The summed E-state index contributed by atoms with van der Waals surface area (Å²) >= 11 is 0. The van der Waals surface area contributed by atoms with Gasteiger partial charge in [-0.15, -0.1) is 0 Å². The first kappa shape index (κ1) is 17.1. The van der Waals surface area contributed by atoms with Gasteiger partial charge in [0.2, 0.25) is 6.33 Å². The van der Waals surface area contributed by atoms with Gasteiger partial charge in [0.25, 0.3) is 0 Å². The number of benzene rings is 1. The number of imidazole rings is 1. The number of aliphatic hydroxyl groups is 1. The van der Waals surface area contributed by atoms with Crippen LogP contribution in [-0.4, -0.2) is 34.3 Å². The summed E-state index contributed by atoms with van der Waals surface area (Å²) in [4.78, 5) is 36.4. The average molecular weight is 349 g/mol. The number of aromatic nitrogens is 2. The van der Waals surface area contributed by atoms with Gasteiger partial charge in [-0.3, -0.25) is 9.13 Å². The fourth-order valence-corrected chi connectivity index (χ4v) is 3.89. The quantitative estimate of drug-likeness (QED) is 0.370. The molecule has 0 bridgehead atoms. The minimum absolute atomic E-state index is 0.733. The molecule has 0 atom stereocenters. The molecule has 0 fully saturated rings. The van der Waals surface area contributed by atoms with Gasteiger partial charge in [0.05, 0.1) is 0 Å². The molecule has 0 saturated carbocycles. The highest BCUT2D eigenvalue weighted by Crippen LogP contribution is 2.67. The topological polar surface area (TPSA) is 144 Å². The summed E-state index contributed by atoms with van der Waals surface area (Å²) in [6.45, 7) is -0.957. The predicted octanol–water partition coefficient (Wildman–Crippen LogP) is -0.234. The Bertz CT molecular complexity index is 727. The van der Waals surface area contributed by atoms with Crippen molar-refractivity contribution in [1.29, 1.82) is 0 Å². The molecule has 120 valence electrons. The molecule has 1 aromatic carbocycles. The number of nitrogens with zero attached hydrogens (tertiary/aromatic N) is 2. The van der Waals surface area contributed by atoms with E-state index in [2.05, 4.69) is 0 Å². The molecule has 11 heteroatoms. The third-order valence-electron chi connectivity index (χ3n) is 3.07. The summed E-state index contributed by atoms with van der Waals surface area (Å²) in [7, 11) is -11.0. The molecule has 1 heterocycles.